The topological polar surface area (TPSA) is 97.6 Å². The SMILES string of the molecule is CCOC(=O)C1=NO[C@@H](OCC)[C@H](O)[C@@H]1O. The summed E-state index contributed by atoms with van der Waals surface area (Å²) in [5, 5.41) is 22.5. The molecule has 1 aliphatic heterocycles. The molecular weight excluding hydrogens is 218 g/mol. The highest BCUT2D eigenvalue weighted by atomic mass is 16.8. The number of oxime groups is 1. The summed E-state index contributed by atoms with van der Waals surface area (Å²) >= 11 is 0. The number of carbonyl (C=O) groups excluding carboxylic acids is 1. The Bertz CT molecular complexity index is 279. The van der Waals surface area contributed by atoms with Crippen LogP contribution < -0.4 is 0 Å². The molecule has 0 spiro atoms. The summed E-state index contributed by atoms with van der Waals surface area (Å²) in [7, 11) is 0. The lowest BCUT2D eigenvalue weighted by Crippen LogP contribution is -2.50. The highest BCUT2D eigenvalue weighted by Crippen LogP contribution is 2.15. The molecule has 92 valence electrons. The fourth-order valence-corrected chi connectivity index (χ4v) is 1.19. The first-order chi connectivity index (χ1) is 7.61. The summed E-state index contributed by atoms with van der Waals surface area (Å²) in [5.74, 6) is -0.816. The lowest BCUT2D eigenvalue weighted by atomic mass is 10.1. The summed E-state index contributed by atoms with van der Waals surface area (Å²) in [6.45, 7) is 3.76. The normalized spacial score (nSPS) is 29.2. The number of aliphatic hydroxyl groups excluding tert-OH is 2. The Morgan fingerprint density at radius 3 is 2.69 bits per heavy atom. The van der Waals surface area contributed by atoms with Gasteiger partial charge in [0.25, 0.3) is 6.29 Å². The maximum absolute atomic E-state index is 11.3. The van der Waals surface area contributed by atoms with Crippen molar-refractivity contribution < 1.29 is 29.3 Å². The van der Waals surface area contributed by atoms with E-state index >= 15 is 0 Å². The second-order valence-corrected chi connectivity index (χ2v) is 3.06. The zero-order valence-corrected chi connectivity index (χ0v) is 9.12. The van der Waals surface area contributed by atoms with Crippen molar-refractivity contribution in [2.75, 3.05) is 13.2 Å². The van der Waals surface area contributed by atoms with E-state index in [1.54, 1.807) is 13.8 Å². The minimum atomic E-state index is -1.47. The van der Waals surface area contributed by atoms with Gasteiger partial charge < -0.3 is 24.5 Å². The summed E-state index contributed by atoms with van der Waals surface area (Å²) < 4.78 is 9.60. The number of carbonyl (C=O) groups is 1. The Balaban J connectivity index is 2.71. The maximum atomic E-state index is 11.3. The lowest BCUT2D eigenvalue weighted by molar-refractivity contribution is -0.217. The van der Waals surface area contributed by atoms with Crippen LogP contribution in [0.3, 0.4) is 0 Å². The second-order valence-electron chi connectivity index (χ2n) is 3.06. The van der Waals surface area contributed by atoms with Crippen molar-refractivity contribution >= 4 is 11.7 Å². The first-order valence-corrected chi connectivity index (χ1v) is 5.00. The molecule has 0 saturated carbocycles. The molecule has 0 radical (unpaired) electrons. The van der Waals surface area contributed by atoms with E-state index in [9.17, 15) is 15.0 Å². The quantitative estimate of drug-likeness (QED) is 0.606. The Hall–Kier alpha value is -1.18. The average molecular weight is 233 g/mol. The van der Waals surface area contributed by atoms with E-state index in [0.717, 1.165) is 0 Å². The molecule has 0 aromatic heterocycles. The molecule has 1 heterocycles. The number of hydrogen-bond acceptors (Lipinski definition) is 7. The van der Waals surface area contributed by atoms with E-state index < -0.39 is 24.5 Å². The third-order valence-electron chi connectivity index (χ3n) is 1.95. The van der Waals surface area contributed by atoms with Gasteiger partial charge in [-0.3, -0.25) is 0 Å². The molecule has 7 nitrogen and oxygen atoms in total. The highest BCUT2D eigenvalue weighted by Gasteiger charge is 2.40. The van der Waals surface area contributed by atoms with Gasteiger partial charge in [0.15, 0.2) is 11.8 Å². The van der Waals surface area contributed by atoms with Crippen molar-refractivity contribution in [3.05, 3.63) is 0 Å². The van der Waals surface area contributed by atoms with Crippen LogP contribution in [-0.2, 0) is 19.1 Å². The predicted octanol–water partition coefficient (Wildman–Crippen LogP) is -0.980. The van der Waals surface area contributed by atoms with Crippen LogP contribution >= 0.6 is 0 Å². The third-order valence-corrected chi connectivity index (χ3v) is 1.95. The van der Waals surface area contributed by atoms with E-state index in [1.165, 1.54) is 0 Å². The van der Waals surface area contributed by atoms with Gasteiger partial charge in [0, 0.05) is 6.61 Å². The minimum absolute atomic E-state index is 0.148. The molecule has 1 aliphatic rings. The molecule has 0 saturated heterocycles. The van der Waals surface area contributed by atoms with E-state index in [2.05, 4.69) is 9.89 Å². The minimum Gasteiger partial charge on any atom is -0.461 e. The Kier molecular flexibility index (Phi) is 4.66. The number of ether oxygens (including phenoxy) is 2. The molecule has 0 aromatic rings. The van der Waals surface area contributed by atoms with Crippen molar-refractivity contribution in [1.29, 1.82) is 0 Å². The number of hydrogen-bond donors (Lipinski definition) is 2. The molecule has 2 N–H and O–H groups in total. The van der Waals surface area contributed by atoms with Gasteiger partial charge in [0.05, 0.1) is 6.61 Å². The Morgan fingerprint density at radius 1 is 1.44 bits per heavy atom. The second kappa shape index (κ2) is 5.78. The van der Waals surface area contributed by atoms with E-state index in [-0.39, 0.29) is 12.3 Å². The molecule has 0 amide bonds. The third kappa shape index (κ3) is 2.69. The summed E-state index contributed by atoms with van der Waals surface area (Å²) in [6.07, 6.45) is -3.90. The average Bonchev–Trinajstić information content (AvgIpc) is 2.25. The standard InChI is InChI=1S/C9H15NO6/c1-3-14-8(13)5-6(11)7(12)9(15-4-2)16-10-5/h6-7,9,11-12H,3-4H2,1-2H3/t6-,7-,9-/m1/s1. The number of esters is 1. The molecule has 0 fully saturated rings. The zero-order valence-electron chi connectivity index (χ0n) is 9.12. The van der Waals surface area contributed by atoms with Crippen LogP contribution in [-0.4, -0.2) is 53.6 Å². The fourth-order valence-electron chi connectivity index (χ4n) is 1.19. The number of nitrogens with zero attached hydrogens (tertiary/aromatic N) is 1. The fraction of sp³-hybridized carbons (Fsp3) is 0.778. The van der Waals surface area contributed by atoms with Gasteiger partial charge in [-0.25, -0.2) is 4.79 Å². The van der Waals surface area contributed by atoms with Gasteiger partial charge in [-0.15, -0.1) is 0 Å². The molecule has 3 atom stereocenters. The maximum Gasteiger partial charge on any atom is 0.358 e. The van der Waals surface area contributed by atoms with Crippen molar-refractivity contribution in [3.8, 4) is 0 Å². The van der Waals surface area contributed by atoms with Crippen LogP contribution in [0.15, 0.2) is 5.16 Å². The first-order valence-electron chi connectivity index (χ1n) is 5.00. The molecule has 7 heteroatoms. The molecule has 0 aromatic carbocycles. The van der Waals surface area contributed by atoms with Gasteiger partial charge in [-0.05, 0) is 13.8 Å². The van der Waals surface area contributed by atoms with Crippen LogP contribution in [0.2, 0.25) is 0 Å². The molecule has 0 bridgehead atoms. The first kappa shape index (κ1) is 12.9. The predicted molar refractivity (Wildman–Crippen MR) is 52.6 cm³/mol. The van der Waals surface area contributed by atoms with E-state index in [1.807, 2.05) is 0 Å². The van der Waals surface area contributed by atoms with Crippen molar-refractivity contribution in [2.24, 2.45) is 5.16 Å². The van der Waals surface area contributed by atoms with Crippen molar-refractivity contribution in [2.45, 2.75) is 32.3 Å². The zero-order chi connectivity index (χ0) is 12.1. The van der Waals surface area contributed by atoms with Crippen LogP contribution in [0.1, 0.15) is 13.8 Å². The summed E-state index contributed by atoms with van der Waals surface area (Å²) in [6, 6.07) is 0. The largest absolute Gasteiger partial charge is 0.461 e. The van der Waals surface area contributed by atoms with Crippen LogP contribution in [0.25, 0.3) is 0 Å². The molecule has 0 unspecified atom stereocenters. The molecule has 0 aliphatic carbocycles. The van der Waals surface area contributed by atoms with Gasteiger partial charge in [-0.1, -0.05) is 5.16 Å². The highest BCUT2D eigenvalue weighted by molar-refractivity contribution is 6.38. The summed E-state index contributed by atoms with van der Waals surface area (Å²) in [5.41, 5.74) is -0.356. The lowest BCUT2D eigenvalue weighted by Gasteiger charge is -2.28. The van der Waals surface area contributed by atoms with Crippen LogP contribution in [0.4, 0.5) is 0 Å². The molecule has 1 rings (SSSR count). The van der Waals surface area contributed by atoms with Crippen molar-refractivity contribution in [3.63, 3.8) is 0 Å². The van der Waals surface area contributed by atoms with E-state index in [0.29, 0.717) is 6.61 Å². The molecular formula is C9H15NO6. The van der Waals surface area contributed by atoms with Gasteiger partial charge in [-0.2, -0.15) is 0 Å². The Morgan fingerprint density at radius 2 is 2.12 bits per heavy atom. The summed E-state index contributed by atoms with van der Waals surface area (Å²) in [4.78, 5) is 16.0. The van der Waals surface area contributed by atoms with Crippen LogP contribution in [0.5, 0.6) is 0 Å². The van der Waals surface area contributed by atoms with Crippen LogP contribution in [0, 0.1) is 0 Å². The molecule has 16 heavy (non-hydrogen) atoms. The van der Waals surface area contributed by atoms with Gasteiger partial charge >= 0.3 is 5.97 Å². The van der Waals surface area contributed by atoms with E-state index in [4.69, 9.17) is 9.57 Å². The van der Waals surface area contributed by atoms with Crippen molar-refractivity contribution in [1.82, 2.24) is 0 Å². The van der Waals surface area contributed by atoms with Gasteiger partial charge in [0.2, 0.25) is 0 Å². The number of aliphatic hydroxyl groups is 2. The monoisotopic (exact) mass is 233 g/mol. The number of rotatable bonds is 4. The smallest absolute Gasteiger partial charge is 0.358 e. The van der Waals surface area contributed by atoms with Gasteiger partial charge in [0.1, 0.15) is 6.10 Å². The Labute approximate surface area is 92.6 Å².